The van der Waals surface area contributed by atoms with E-state index in [0.29, 0.717) is 11.6 Å². The Balaban J connectivity index is 1.93. The lowest BCUT2D eigenvalue weighted by molar-refractivity contribution is -0.121. The van der Waals surface area contributed by atoms with E-state index < -0.39 is 28.7 Å². The fraction of sp³-hybridized carbons (Fsp3) is 0.227. The van der Waals surface area contributed by atoms with E-state index in [0.717, 1.165) is 12.1 Å². The van der Waals surface area contributed by atoms with Crippen LogP contribution in [0.1, 0.15) is 27.9 Å². The number of benzene rings is 1. The first-order valence-corrected chi connectivity index (χ1v) is 10.1. The molecule has 178 valence electrons. The summed E-state index contributed by atoms with van der Waals surface area (Å²) in [6, 6.07) is 4.34. The Labute approximate surface area is 191 Å². The fourth-order valence-electron chi connectivity index (χ4n) is 3.26. The molecule has 2 aromatic heterocycles. The normalized spacial score (nSPS) is 10.8. The number of aromatic nitrogens is 2. The van der Waals surface area contributed by atoms with Gasteiger partial charge in [-0.2, -0.15) is 0 Å². The van der Waals surface area contributed by atoms with Crippen LogP contribution in [-0.2, 0) is 17.8 Å². The first kappa shape index (κ1) is 24.5. The molecule has 0 radical (unpaired) electrons. The summed E-state index contributed by atoms with van der Waals surface area (Å²) in [7, 11) is 0. The zero-order valence-electron chi connectivity index (χ0n) is 17.8. The largest absolute Gasteiger partial charge is 0.423 e. The van der Waals surface area contributed by atoms with Crippen molar-refractivity contribution in [3.63, 3.8) is 0 Å². The number of amides is 2. The van der Waals surface area contributed by atoms with Crippen molar-refractivity contribution in [2.45, 2.75) is 19.4 Å². The number of rotatable bonds is 9. The highest BCUT2D eigenvalue weighted by atomic mass is 19.1. The van der Waals surface area contributed by atoms with E-state index in [1.807, 2.05) is 0 Å². The van der Waals surface area contributed by atoms with Gasteiger partial charge in [-0.15, -0.1) is 4.73 Å². The second kappa shape index (κ2) is 10.6. The Hall–Kier alpha value is -4.19. The molecule has 2 amide bonds. The summed E-state index contributed by atoms with van der Waals surface area (Å²) in [6.45, 7) is 2.97. The Morgan fingerprint density at radius 3 is 2.65 bits per heavy atom. The predicted octanol–water partition coefficient (Wildman–Crippen LogP) is 1.22. The summed E-state index contributed by atoms with van der Waals surface area (Å²) >= 11 is 0. The van der Waals surface area contributed by atoms with Crippen LogP contribution in [-0.4, -0.2) is 51.7 Å². The topological polar surface area (TPSA) is 146 Å². The predicted molar refractivity (Wildman–Crippen MR) is 118 cm³/mol. The maximum absolute atomic E-state index is 13.9. The van der Waals surface area contributed by atoms with Crippen LogP contribution in [0.5, 0.6) is 0 Å². The van der Waals surface area contributed by atoms with Crippen molar-refractivity contribution < 1.29 is 28.7 Å². The zero-order valence-corrected chi connectivity index (χ0v) is 17.8. The van der Waals surface area contributed by atoms with Crippen molar-refractivity contribution >= 4 is 35.3 Å². The summed E-state index contributed by atoms with van der Waals surface area (Å²) in [5.41, 5.74) is -1.46. The molecule has 0 aliphatic carbocycles. The summed E-state index contributed by atoms with van der Waals surface area (Å²) in [5.74, 6) is -2.92. The van der Waals surface area contributed by atoms with Crippen molar-refractivity contribution in [3.8, 4) is 0 Å². The van der Waals surface area contributed by atoms with Crippen molar-refractivity contribution in [2.24, 2.45) is 4.99 Å². The van der Waals surface area contributed by atoms with Gasteiger partial charge in [-0.25, -0.2) is 13.8 Å². The molecule has 0 aliphatic rings. The molecule has 0 saturated heterocycles. The molecule has 0 spiro atoms. The third-order valence-corrected chi connectivity index (χ3v) is 4.94. The number of hydrogen-bond acceptors (Lipinski definition) is 7. The van der Waals surface area contributed by atoms with Crippen LogP contribution < -0.4 is 16.2 Å². The minimum atomic E-state index is -1.12. The average molecular weight is 473 g/mol. The molecule has 12 heteroatoms. The van der Waals surface area contributed by atoms with E-state index in [4.69, 9.17) is 5.11 Å². The molecule has 3 aromatic rings. The number of nitrogens with one attached hydrogen (secondary N) is 2. The van der Waals surface area contributed by atoms with Crippen LogP contribution in [0.2, 0.25) is 0 Å². The number of nitrogens with zero attached hydrogens (tertiary/aromatic N) is 3. The molecule has 2 heterocycles. The average Bonchev–Trinajstić information content (AvgIpc) is 2.82. The maximum atomic E-state index is 13.9. The van der Waals surface area contributed by atoms with Gasteiger partial charge in [-0.3, -0.25) is 19.4 Å². The molecule has 3 rings (SSSR count). The quantitative estimate of drug-likeness (QED) is 0.272. The Kier molecular flexibility index (Phi) is 7.64. The number of halogens is 2. The molecule has 0 unspecified atom stereocenters. The summed E-state index contributed by atoms with van der Waals surface area (Å²) in [4.78, 5) is 45.0. The monoisotopic (exact) mass is 473 g/mol. The van der Waals surface area contributed by atoms with Crippen LogP contribution in [0.15, 0.2) is 40.2 Å². The van der Waals surface area contributed by atoms with E-state index in [-0.39, 0.29) is 65.5 Å². The van der Waals surface area contributed by atoms with Gasteiger partial charge in [-0.05, 0) is 30.8 Å². The van der Waals surface area contributed by atoms with Gasteiger partial charge in [0.05, 0.1) is 12.3 Å². The summed E-state index contributed by atoms with van der Waals surface area (Å²) < 4.78 is 27.1. The van der Waals surface area contributed by atoms with Gasteiger partial charge in [0.2, 0.25) is 5.91 Å². The molecule has 34 heavy (non-hydrogen) atoms. The molecule has 4 N–H and O–H groups in total. The van der Waals surface area contributed by atoms with Crippen molar-refractivity contribution in [3.05, 3.63) is 69.1 Å². The lowest BCUT2D eigenvalue weighted by Crippen LogP contribution is -2.33. The first-order chi connectivity index (χ1) is 16.3. The van der Waals surface area contributed by atoms with Crippen LogP contribution in [0.4, 0.5) is 14.5 Å². The Bertz CT molecular complexity index is 1330. The number of aliphatic hydroxyl groups excluding tert-OH is 1. The van der Waals surface area contributed by atoms with Gasteiger partial charge in [0, 0.05) is 42.7 Å². The lowest BCUT2D eigenvalue weighted by Gasteiger charge is -2.12. The fourth-order valence-corrected chi connectivity index (χ4v) is 3.26. The second-order valence-corrected chi connectivity index (χ2v) is 7.21. The number of aliphatic imine (C=N–C) groups is 1. The summed E-state index contributed by atoms with van der Waals surface area (Å²) in [5, 5.41) is 24.0. The van der Waals surface area contributed by atoms with Gasteiger partial charge in [-0.1, -0.05) is 6.07 Å². The van der Waals surface area contributed by atoms with E-state index in [1.54, 1.807) is 0 Å². The van der Waals surface area contributed by atoms with Crippen LogP contribution in [0.25, 0.3) is 11.0 Å². The van der Waals surface area contributed by atoms with Gasteiger partial charge in [0.1, 0.15) is 17.2 Å². The van der Waals surface area contributed by atoms with Crippen molar-refractivity contribution in [1.29, 1.82) is 0 Å². The second-order valence-electron chi connectivity index (χ2n) is 7.21. The van der Waals surface area contributed by atoms with Crippen molar-refractivity contribution in [1.82, 2.24) is 20.3 Å². The molecule has 0 atom stereocenters. The van der Waals surface area contributed by atoms with E-state index >= 15 is 0 Å². The molecular weight excluding hydrogens is 452 g/mol. The minimum Gasteiger partial charge on any atom is -0.423 e. The maximum Gasteiger partial charge on any atom is 0.299 e. The number of carbonyl (C=O) groups is 2. The number of aliphatic hydroxyl groups is 1. The van der Waals surface area contributed by atoms with Gasteiger partial charge < -0.3 is 20.9 Å². The summed E-state index contributed by atoms with van der Waals surface area (Å²) in [6.07, 6.45) is 1.68. The van der Waals surface area contributed by atoms with Crippen LogP contribution in [0.3, 0.4) is 0 Å². The molecule has 1 aromatic carbocycles. The zero-order chi connectivity index (χ0) is 24.8. The molecule has 0 bridgehead atoms. The van der Waals surface area contributed by atoms with Gasteiger partial charge >= 0.3 is 0 Å². The smallest absolute Gasteiger partial charge is 0.299 e. The Morgan fingerprint density at radius 2 is 1.97 bits per heavy atom. The number of aryl methyl sites for hydroxylation is 1. The van der Waals surface area contributed by atoms with E-state index in [2.05, 4.69) is 27.3 Å². The number of pyridine rings is 2. The minimum absolute atomic E-state index is 0.0172. The third kappa shape index (κ3) is 5.23. The van der Waals surface area contributed by atoms with E-state index in [1.165, 1.54) is 12.3 Å². The highest BCUT2D eigenvalue weighted by Crippen LogP contribution is 2.27. The standard InChI is InChI=1S/C22H21F2N5O5/c1-25-19-15-8-12(2-5-17(31)26-6-7-30)10-27-20(15)29(34)22(33)18(19)21(32)28-11-13-3-4-14(23)9-16(13)24/h3-4,8-10,30,34H,1-2,5-7,11H2,(H,26,31)(H,28,32). The van der Waals surface area contributed by atoms with Crippen molar-refractivity contribution in [2.75, 3.05) is 13.2 Å². The molecule has 0 fully saturated rings. The molecular formula is C22H21F2N5O5. The molecule has 0 aliphatic heterocycles. The molecule has 10 nitrogen and oxygen atoms in total. The first-order valence-electron chi connectivity index (χ1n) is 10.1. The number of carbonyl (C=O) groups excluding carboxylic acids is 2. The van der Waals surface area contributed by atoms with Crippen LogP contribution >= 0.6 is 0 Å². The lowest BCUT2D eigenvalue weighted by atomic mass is 10.1. The highest BCUT2D eigenvalue weighted by molar-refractivity contribution is 6.05. The highest BCUT2D eigenvalue weighted by Gasteiger charge is 2.23. The Morgan fingerprint density at radius 1 is 1.21 bits per heavy atom. The van der Waals surface area contributed by atoms with Gasteiger partial charge in [0.15, 0.2) is 5.65 Å². The third-order valence-electron chi connectivity index (χ3n) is 4.94. The molecule has 0 saturated carbocycles. The van der Waals surface area contributed by atoms with E-state index in [9.17, 15) is 28.4 Å². The SMILES string of the molecule is C=Nc1c(C(=O)NCc2ccc(F)cc2F)c(=O)n(O)c2ncc(CCC(=O)NCCO)cc12. The number of fused-ring (bicyclic) bond motifs is 1. The van der Waals surface area contributed by atoms with Crippen LogP contribution in [0, 0.1) is 11.6 Å². The van der Waals surface area contributed by atoms with Gasteiger partial charge in [0.25, 0.3) is 11.5 Å². The number of hydrogen-bond donors (Lipinski definition) is 4.